The molecule has 0 aromatic rings. The van der Waals surface area contributed by atoms with Gasteiger partial charge in [-0.15, -0.1) is 0 Å². The highest BCUT2D eigenvalue weighted by atomic mass is 16.5. The highest BCUT2D eigenvalue weighted by molar-refractivity contribution is 5.96. The molecule has 1 aliphatic heterocycles. The fourth-order valence-corrected chi connectivity index (χ4v) is 1.38. The van der Waals surface area contributed by atoms with Gasteiger partial charge in [0, 0.05) is 13.1 Å². The monoisotopic (exact) mass is 201 g/mol. The highest BCUT2D eigenvalue weighted by Crippen LogP contribution is 2.06. The number of carbonyl (C=O) groups excluding carboxylic acids is 2. The molecule has 5 nitrogen and oxygen atoms in total. The van der Waals surface area contributed by atoms with Crippen LogP contribution in [0.1, 0.15) is 13.3 Å². The molecule has 0 saturated carbocycles. The van der Waals surface area contributed by atoms with E-state index in [1.807, 2.05) is 0 Å². The summed E-state index contributed by atoms with van der Waals surface area (Å²) in [5.41, 5.74) is 0. The minimum absolute atomic E-state index is 0.0574. The number of nitrogens with zero attached hydrogens (tertiary/aromatic N) is 1. The van der Waals surface area contributed by atoms with Crippen LogP contribution in [0, 0.1) is 0 Å². The van der Waals surface area contributed by atoms with Crippen molar-refractivity contribution in [1.82, 2.24) is 4.90 Å². The van der Waals surface area contributed by atoms with Gasteiger partial charge in [0.1, 0.15) is 5.78 Å². The van der Waals surface area contributed by atoms with Crippen molar-refractivity contribution in [2.45, 2.75) is 19.4 Å². The van der Waals surface area contributed by atoms with E-state index in [9.17, 15) is 9.59 Å². The molecule has 1 atom stereocenters. The summed E-state index contributed by atoms with van der Waals surface area (Å²) in [6, 6.07) is 0. The first-order valence-electron chi connectivity index (χ1n) is 4.63. The van der Waals surface area contributed by atoms with Gasteiger partial charge in [-0.25, -0.2) is 0 Å². The number of ether oxygens (including phenoxy) is 1. The summed E-state index contributed by atoms with van der Waals surface area (Å²) in [6.45, 7) is 2.60. The van der Waals surface area contributed by atoms with E-state index in [1.165, 1.54) is 6.92 Å². The Morgan fingerprint density at radius 3 is 2.86 bits per heavy atom. The molecule has 80 valence electrons. The van der Waals surface area contributed by atoms with Gasteiger partial charge in [-0.1, -0.05) is 0 Å². The van der Waals surface area contributed by atoms with E-state index < -0.39 is 0 Å². The van der Waals surface area contributed by atoms with Gasteiger partial charge in [0.2, 0.25) is 5.91 Å². The highest BCUT2D eigenvalue weighted by Gasteiger charge is 2.23. The first-order valence-corrected chi connectivity index (χ1v) is 4.63. The third kappa shape index (κ3) is 3.08. The van der Waals surface area contributed by atoms with Crippen LogP contribution in [-0.2, 0) is 14.3 Å². The van der Waals surface area contributed by atoms with Gasteiger partial charge in [-0.3, -0.25) is 9.59 Å². The van der Waals surface area contributed by atoms with Gasteiger partial charge >= 0.3 is 0 Å². The van der Waals surface area contributed by atoms with Crippen molar-refractivity contribution in [3.8, 4) is 0 Å². The lowest BCUT2D eigenvalue weighted by Gasteiger charge is -2.31. The molecule has 1 unspecified atom stereocenters. The van der Waals surface area contributed by atoms with Crippen LogP contribution in [0.25, 0.3) is 0 Å². The summed E-state index contributed by atoms with van der Waals surface area (Å²) in [4.78, 5) is 23.7. The normalized spacial score (nSPS) is 22.1. The van der Waals surface area contributed by atoms with Crippen LogP contribution >= 0.6 is 0 Å². The molecule has 1 heterocycles. The summed E-state index contributed by atoms with van der Waals surface area (Å²) in [6.07, 6.45) is -0.363. The zero-order chi connectivity index (χ0) is 10.6. The van der Waals surface area contributed by atoms with Crippen LogP contribution in [0.15, 0.2) is 0 Å². The van der Waals surface area contributed by atoms with Crippen molar-refractivity contribution in [2.24, 2.45) is 0 Å². The van der Waals surface area contributed by atoms with Gasteiger partial charge in [-0.2, -0.15) is 0 Å². The summed E-state index contributed by atoms with van der Waals surface area (Å²) in [5.74, 6) is -0.318. The van der Waals surface area contributed by atoms with E-state index in [2.05, 4.69) is 0 Å². The standard InChI is InChI=1S/C9H15NO4/c1-7(12)4-9(13)10-2-3-14-8(5-10)6-11/h8,11H,2-6H2,1H3. The Bertz CT molecular complexity index is 229. The Labute approximate surface area is 82.6 Å². The zero-order valence-electron chi connectivity index (χ0n) is 8.23. The summed E-state index contributed by atoms with van der Waals surface area (Å²) >= 11 is 0. The molecule has 0 spiro atoms. The molecule has 1 fully saturated rings. The van der Waals surface area contributed by atoms with Crippen LogP contribution in [-0.4, -0.2) is 54.1 Å². The number of hydrogen-bond donors (Lipinski definition) is 1. The number of hydrogen-bond acceptors (Lipinski definition) is 4. The lowest BCUT2D eigenvalue weighted by atomic mass is 10.2. The van der Waals surface area contributed by atoms with Gasteiger partial charge in [-0.05, 0) is 6.92 Å². The van der Waals surface area contributed by atoms with Gasteiger partial charge in [0.05, 0.1) is 25.7 Å². The van der Waals surface area contributed by atoms with E-state index >= 15 is 0 Å². The van der Waals surface area contributed by atoms with E-state index in [1.54, 1.807) is 4.90 Å². The maximum atomic E-state index is 11.4. The molecular formula is C9H15NO4. The van der Waals surface area contributed by atoms with Gasteiger partial charge < -0.3 is 14.7 Å². The molecule has 0 aromatic heterocycles. The van der Waals surface area contributed by atoms with Crippen molar-refractivity contribution in [3.05, 3.63) is 0 Å². The Kier molecular flexibility index (Phi) is 4.03. The molecule has 1 amide bonds. The molecule has 5 heteroatoms. The maximum absolute atomic E-state index is 11.4. The van der Waals surface area contributed by atoms with Gasteiger partial charge in [0.15, 0.2) is 0 Å². The molecule has 1 rings (SSSR count). The number of amides is 1. The number of carbonyl (C=O) groups is 2. The van der Waals surface area contributed by atoms with Crippen LogP contribution in [0.4, 0.5) is 0 Å². The smallest absolute Gasteiger partial charge is 0.230 e. The number of aliphatic hydroxyl groups is 1. The third-order valence-corrected chi connectivity index (χ3v) is 2.10. The van der Waals surface area contributed by atoms with Crippen molar-refractivity contribution in [2.75, 3.05) is 26.3 Å². The van der Waals surface area contributed by atoms with Crippen LogP contribution in [0.3, 0.4) is 0 Å². The van der Waals surface area contributed by atoms with Crippen molar-refractivity contribution in [1.29, 1.82) is 0 Å². The molecule has 0 bridgehead atoms. The van der Waals surface area contributed by atoms with E-state index in [0.29, 0.717) is 19.7 Å². The fourth-order valence-electron chi connectivity index (χ4n) is 1.38. The molecule has 1 saturated heterocycles. The lowest BCUT2D eigenvalue weighted by molar-refractivity contribution is -0.142. The summed E-state index contributed by atoms with van der Waals surface area (Å²) in [7, 11) is 0. The largest absolute Gasteiger partial charge is 0.394 e. The molecule has 1 aliphatic rings. The first-order chi connectivity index (χ1) is 6.63. The lowest BCUT2D eigenvalue weighted by Crippen LogP contribution is -2.47. The number of rotatable bonds is 3. The van der Waals surface area contributed by atoms with Crippen molar-refractivity contribution < 1.29 is 19.4 Å². The van der Waals surface area contributed by atoms with Gasteiger partial charge in [0.25, 0.3) is 0 Å². The number of morpholine rings is 1. The number of Topliss-reactive ketones (excluding diaryl/α,β-unsaturated/α-hetero) is 1. The number of aliphatic hydroxyl groups excluding tert-OH is 1. The van der Waals surface area contributed by atoms with Crippen molar-refractivity contribution >= 4 is 11.7 Å². The topological polar surface area (TPSA) is 66.8 Å². The van der Waals surface area contributed by atoms with E-state index in [0.717, 1.165) is 0 Å². The average Bonchev–Trinajstić information content (AvgIpc) is 2.17. The minimum atomic E-state index is -0.306. The molecule has 14 heavy (non-hydrogen) atoms. The second-order valence-electron chi connectivity index (χ2n) is 3.39. The zero-order valence-corrected chi connectivity index (χ0v) is 8.23. The van der Waals surface area contributed by atoms with E-state index in [4.69, 9.17) is 9.84 Å². The van der Waals surface area contributed by atoms with Crippen molar-refractivity contribution in [3.63, 3.8) is 0 Å². The quantitative estimate of drug-likeness (QED) is 0.606. The first kappa shape index (κ1) is 11.1. The second-order valence-corrected chi connectivity index (χ2v) is 3.39. The Balaban J connectivity index is 2.43. The summed E-state index contributed by atoms with van der Waals surface area (Å²) in [5, 5.41) is 8.84. The average molecular weight is 201 g/mol. The Morgan fingerprint density at radius 1 is 1.57 bits per heavy atom. The van der Waals surface area contributed by atoms with Crippen LogP contribution in [0.5, 0.6) is 0 Å². The van der Waals surface area contributed by atoms with Crippen LogP contribution < -0.4 is 0 Å². The summed E-state index contributed by atoms with van der Waals surface area (Å²) < 4.78 is 5.18. The maximum Gasteiger partial charge on any atom is 0.230 e. The molecule has 0 radical (unpaired) electrons. The minimum Gasteiger partial charge on any atom is -0.394 e. The number of ketones is 1. The predicted octanol–water partition coefficient (Wildman–Crippen LogP) is -0.815. The third-order valence-electron chi connectivity index (χ3n) is 2.10. The Hall–Kier alpha value is -0.940. The SMILES string of the molecule is CC(=O)CC(=O)N1CCOC(CO)C1. The predicted molar refractivity (Wildman–Crippen MR) is 48.7 cm³/mol. The molecule has 1 N–H and O–H groups in total. The van der Waals surface area contributed by atoms with E-state index in [-0.39, 0.29) is 30.8 Å². The fraction of sp³-hybridized carbons (Fsp3) is 0.778. The Morgan fingerprint density at radius 2 is 2.29 bits per heavy atom. The second kappa shape index (κ2) is 5.07. The van der Waals surface area contributed by atoms with Crippen LogP contribution in [0.2, 0.25) is 0 Å². The molecule has 0 aliphatic carbocycles. The molecular weight excluding hydrogens is 186 g/mol. The molecule has 0 aromatic carbocycles.